The van der Waals surface area contributed by atoms with Gasteiger partial charge in [-0.15, -0.1) is 11.3 Å². The van der Waals surface area contributed by atoms with E-state index in [2.05, 4.69) is 10.3 Å². The molecule has 0 unspecified atom stereocenters. The third kappa shape index (κ3) is 3.34. The summed E-state index contributed by atoms with van der Waals surface area (Å²) < 4.78 is 10.7. The fourth-order valence-corrected chi connectivity index (χ4v) is 3.37. The molecule has 128 valence electrons. The Morgan fingerprint density at radius 3 is 2.75 bits per heavy atom. The van der Waals surface area contributed by atoms with Crippen LogP contribution in [0.2, 0.25) is 0 Å². The van der Waals surface area contributed by atoms with Gasteiger partial charge < -0.3 is 19.6 Å². The number of aromatic nitrogens is 1. The van der Waals surface area contributed by atoms with Gasteiger partial charge in [-0.05, 0) is 31.9 Å². The highest BCUT2D eigenvalue weighted by molar-refractivity contribution is 7.13. The Bertz CT molecular complexity index is 745. The predicted octanol–water partition coefficient (Wildman–Crippen LogP) is 2.32. The molecule has 0 bridgehead atoms. The number of carbonyl (C=O) groups excluding carboxylic acids is 1. The number of carbonyl (C=O) groups is 2. The van der Waals surface area contributed by atoms with Gasteiger partial charge in [0.1, 0.15) is 11.5 Å². The molecule has 1 aliphatic heterocycles. The topological polar surface area (TPSA) is 102 Å². The van der Waals surface area contributed by atoms with E-state index in [1.807, 2.05) is 13.0 Å². The zero-order valence-electron chi connectivity index (χ0n) is 13.2. The van der Waals surface area contributed by atoms with Crippen LogP contribution in [0.3, 0.4) is 0 Å². The monoisotopic (exact) mass is 350 g/mol. The molecule has 3 heterocycles. The zero-order valence-corrected chi connectivity index (χ0v) is 14.0. The van der Waals surface area contributed by atoms with Crippen LogP contribution in [-0.2, 0) is 9.53 Å². The average Bonchev–Trinajstić information content (AvgIpc) is 3.22. The van der Waals surface area contributed by atoms with Crippen LogP contribution < -0.4 is 5.32 Å². The number of aryl methyl sites for hydroxylation is 1. The molecule has 8 heteroatoms. The summed E-state index contributed by atoms with van der Waals surface area (Å²) in [6.45, 7) is 2.68. The number of nitrogens with zero attached hydrogens (tertiary/aromatic N) is 1. The number of ether oxygens (including phenoxy) is 1. The van der Waals surface area contributed by atoms with Crippen molar-refractivity contribution in [1.82, 2.24) is 10.3 Å². The summed E-state index contributed by atoms with van der Waals surface area (Å²) in [5, 5.41) is 14.5. The van der Waals surface area contributed by atoms with Crippen molar-refractivity contribution >= 4 is 23.2 Å². The number of thiazole rings is 1. The highest BCUT2D eigenvalue weighted by Crippen LogP contribution is 2.30. The lowest BCUT2D eigenvalue weighted by Crippen LogP contribution is -2.46. The average molecular weight is 350 g/mol. The second-order valence-corrected chi connectivity index (χ2v) is 6.69. The quantitative estimate of drug-likeness (QED) is 0.858. The Kier molecular flexibility index (Phi) is 4.68. The van der Waals surface area contributed by atoms with Crippen LogP contribution in [0, 0.1) is 12.3 Å². The molecule has 0 aromatic carbocycles. The van der Waals surface area contributed by atoms with Crippen molar-refractivity contribution in [2.45, 2.75) is 19.8 Å². The minimum Gasteiger partial charge on any atom is -0.481 e. The Balaban J connectivity index is 1.67. The van der Waals surface area contributed by atoms with Gasteiger partial charge in [0.2, 0.25) is 0 Å². The lowest BCUT2D eigenvalue weighted by molar-refractivity contribution is -0.154. The number of furan rings is 1. The maximum absolute atomic E-state index is 12.3. The summed E-state index contributed by atoms with van der Waals surface area (Å²) in [5.74, 6) is 0.0983. The van der Waals surface area contributed by atoms with Gasteiger partial charge in [0.15, 0.2) is 10.8 Å². The number of nitrogens with one attached hydrogen (secondary N) is 1. The van der Waals surface area contributed by atoms with Crippen LogP contribution in [0.25, 0.3) is 10.8 Å². The fourth-order valence-electron chi connectivity index (χ4n) is 2.61. The first kappa shape index (κ1) is 16.7. The Labute approximate surface area is 142 Å². The highest BCUT2D eigenvalue weighted by Gasteiger charge is 2.40. The molecule has 0 atom stereocenters. The molecule has 1 amide bonds. The van der Waals surface area contributed by atoms with E-state index < -0.39 is 11.4 Å². The van der Waals surface area contributed by atoms with Crippen LogP contribution in [0.5, 0.6) is 0 Å². The lowest BCUT2D eigenvalue weighted by Gasteiger charge is -2.32. The Morgan fingerprint density at radius 1 is 1.38 bits per heavy atom. The van der Waals surface area contributed by atoms with Crippen LogP contribution in [-0.4, -0.2) is 41.7 Å². The van der Waals surface area contributed by atoms with Gasteiger partial charge in [-0.1, -0.05) is 0 Å². The minimum atomic E-state index is -0.967. The SMILES string of the molecule is Cc1ccc(-c2nc(C(=O)NCC3(C(=O)O)CCOCC3)cs2)o1. The maximum Gasteiger partial charge on any atom is 0.311 e. The van der Waals surface area contributed by atoms with Crippen molar-refractivity contribution in [2.24, 2.45) is 5.41 Å². The number of carboxylic acids is 1. The molecule has 0 radical (unpaired) electrons. The summed E-state index contributed by atoms with van der Waals surface area (Å²) in [6, 6.07) is 3.63. The molecule has 0 spiro atoms. The largest absolute Gasteiger partial charge is 0.481 e. The number of carboxylic acid groups (broad SMARTS) is 1. The third-order valence-electron chi connectivity index (χ3n) is 4.18. The van der Waals surface area contributed by atoms with Crippen molar-refractivity contribution in [3.8, 4) is 10.8 Å². The standard InChI is InChI=1S/C16H18N2O5S/c1-10-2-3-12(23-10)14-18-11(8-24-14)13(19)17-9-16(15(20)21)4-6-22-7-5-16/h2-3,8H,4-7,9H2,1H3,(H,17,19)(H,20,21). The van der Waals surface area contributed by atoms with Crippen molar-refractivity contribution in [2.75, 3.05) is 19.8 Å². The zero-order chi connectivity index (χ0) is 17.2. The molecule has 0 aliphatic carbocycles. The lowest BCUT2D eigenvalue weighted by atomic mass is 9.80. The van der Waals surface area contributed by atoms with E-state index in [4.69, 9.17) is 9.15 Å². The van der Waals surface area contributed by atoms with E-state index in [-0.39, 0.29) is 18.1 Å². The number of rotatable bonds is 5. The molecule has 3 rings (SSSR count). The van der Waals surface area contributed by atoms with Gasteiger partial charge in [-0.3, -0.25) is 9.59 Å². The first-order chi connectivity index (χ1) is 11.5. The molecule has 2 aromatic rings. The summed E-state index contributed by atoms with van der Waals surface area (Å²) in [4.78, 5) is 28.1. The van der Waals surface area contributed by atoms with E-state index in [1.54, 1.807) is 11.4 Å². The molecule has 1 aliphatic rings. The molecule has 1 fully saturated rings. The third-order valence-corrected chi connectivity index (χ3v) is 5.04. The van der Waals surface area contributed by atoms with Gasteiger partial charge in [-0.2, -0.15) is 0 Å². The van der Waals surface area contributed by atoms with Crippen LogP contribution in [0.15, 0.2) is 21.9 Å². The van der Waals surface area contributed by atoms with Crippen LogP contribution in [0.4, 0.5) is 0 Å². The smallest absolute Gasteiger partial charge is 0.311 e. The molecule has 2 aromatic heterocycles. The molecule has 1 saturated heterocycles. The van der Waals surface area contributed by atoms with E-state index in [0.717, 1.165) is 5.76 Å². The Morgan fingerprint density at radius 2 is 2.12 bits per heavy atom. The van der Waals surface area contributed by atoms with Gasteiger partial charge in [0.05, 0.1) is 5.41 Å². The number of aliphatic carboxylic acids is 1. The van der Waals surface area contributed by atoms with Crippen LogP contribution >= 0.6 is 11.3 Å². The predicted molar refractivity (Wildman–Crippen MR) is 87.0 cm³/mol. The summed E-state index contributed by atoms with van der Waals surface area (Å²) >= 11 is 1.31. The normalized spacial score (nSPS) is 16.7. The fraction of sp³-hybridized carbons (Fsp3) is 0.438. The first-order valence-corrected chi connectivity index (χ1v) is 8.50. The second-order valence-electron chi connectivity index (χ2n) is 5.83. The number of hydrogen-bond donors (Lipinski definition) is 2. The molecular formula is C16H18N2O5S. The summed E-state index contributed by atoms with van der Waals surface area (Å²) in [7, 11) is 0. The number of hydrogen-bond acceptors (Lipinski definition) is 6. The van der Waals surface area contributed by atoms with Crippen molar-refractivity contribution < 1.29 is 23.8 Å². The van der Waals surface area contributed by atoms with Gasteiger partial charge >= 0.3 is 5.97 Å². The summed E-state index contributed by atoms with van der Waals surface area (Å²) in [6.07, 6.45) is 0.771. The molecule has 7 nitrogen and oxygen atoms in total. The molecule has 2 N–H and O–H groups in total. The van der Waals surface area contributed by atoms with Gasteiger partial charge in [0.25, 0.3) is 5.91 Å². The highest BCUT2D eigenvalue weighted by atomic mass is 32.1. The molecule has 24 heavy (non-hydrogen) atoms. The molecule has 0 saturated carbocycles. The van der Waals surface area contributed by atoms with Gasteiger partial charge in [0, 0.05) is 25.1 Å². The van der Waals surface area contributed by atoms with Gasteiger partial charge in [-0.25, -0.2) is 4.98 Å². The van der Waals surface area contributed by atoms with Crippen molar-refractivity contribution in [3.05, 3.63) is 29.0 Å². The molecular weight excluding hydrogens is 332 g/mol. The maximum atomic E-state index is 12.3. The minimum absolute atomic E-state index is 0.0667. The summed E-state index contributed by atoms with van der Waals surface area (Å²) in [5.41, 5.74) is -0.707. The van der Waals surface area contributed by atoms with E-state index in [9.17, 15) is 14.7 Å². The van der Waals surface area contributed by atoms with E-state index in [1.165, 1.54) is 11.3 Å². The Hall–Kier alpha value is -2.19. The van der Waals surface area contributed by atoms with E-state index in [0.29, 0.717) is 36.8 Å². The van der Waals surface area contributed by atoms with E-state index >= 15 is 0 Å². The van der Waals surface area contributed by atoms with Crippen molar-refractivity contribution in [3.63, 3.8) is 0 Å². The second kappa shape index (κ2) is 6.74. The first-order valence-electron chi connectivity index (χ1n) is 7.62. The number of amides is 1. The van der Waals surface area contributed by atoms with Crippen molar-refractivity contribution in [1.29, 1.82) is 0 Å². The van der Waals surface area contributed by atoms with Crippen LogP contribution in [0.1, 0.15) is 29.1 Å².